The summed E-state index contributed by atoms with van der Waals surface area (Å²) in [4.78, 5) is 0. The van der Waals surface area contributed by atoms with E-state index in [1.807, 2.05) is 42.6 Å². The molecule has 128 valence electrons. The van der Waals surface area contributed by atoms with Crippen LogP contribution in [0.4, 0.5) is 5.69 Å². The summed E-state index contributed by atoms with van der Waals surface area (Å²) in [7, 11) is 0. The Hall–Kier alpha value is -3.61. The highest BCUT2D eigenvalue weighted by Crippen LogP contribution is 2.34. The predicted octanol–water partition coefficient (Wildman–Crippen LogP) is 3.13. The summed E-state index contributed by atoms with van der Waals surface area (Å²) >= 11 is 0. The van der Waals surface area contributed by atoms with E-state index in [0.717, 1.165) is 39.5 Å². The van der Waals surface area contributed by atoms with E-state index in [9.17, 15) is 0 Å². The van der Waals surface area contributed by atoms with Crippen molar-refractivity contribution in [1.82, 2.24) is 20.0 Å². The number of pyridine rings is 1. The lowest BCUT2D eigenvalue weighted by Gasteiger charge is -2.10. The number of ether oxygens (including phenoxy) is 2. The highest BCUT2D eigenvalue weighted by molar-refractivity contribution is 5.67. The topological polar surface area (TPSA) is 73.6 Å². The third kappa shape index (κ3) is 2.59. The van der Waals surface area contributed by atoms with Gasteiger partial charge in [-0.2, -0.15) is 4.52 Å². The first kappa shape index (κ1) is 14.7. The first-order valence-corrected chi connectivity index (χ1v) is 8.26. The van der Waals surface area contributed by atoms with E-state index >= 15 is 0 Å². The smallest absolute Gasteiger partial charge is 0.231 e. The Bertz CT molecular complexity index is 1080. The van der Waals surface area contributed by atoms with Crippen molar-refractivity contribution < 1.29 is 9.47 Å². The Kier molecular flexibility index (Phi) is 3.41. The monoisotopic (exact) mass is 345 g/mol. The van der Waals surface area contributed by atoms with Crippen molar-refractivity contribution in [2.75, 3.05) is 12.1 Å². The van der Waals surface area contributed by atoms with Gasteiger partial charge >= 0.3 is 0 Å². The van der Waals surface area contributed by atoms with Crippen LogP contribution in [0.5, 0.6) is 11.5 Å². The van der Waals surface area contributed by atoms with Gasteiger partial charge in [0.2, 0.25) is 6.79 Å². The van der Waals surface area contributed by atoms with Gasteiger partial charge < -0.3 is 14.8 Å². The molecule has 0 saturated heterocycles. The van der Waals surface area contributed by atoms with Crippen molar-refractivity contribution in [3.63, 3.8) is 0 Å². The number of hydrogen-bond acceptors (Lipinski definition) is 6. The fraction of sp³-hybridized carbons (Fsp3) is 0.105. The molecule has 2 aromatic carbocycles. The molecule has 0 unspecified atom stereocenters. The number of tetrazole rings is 1. The fourth-order valence-corrected chi connectivity index (χ4v) is 3.04. The molecular formula is C19H15N5O2. The summed E-state index contributed by atoms with van der Waals surface area (Å²) in [6.45, 7) is 0.855. The van der Waals surface area contributed by atoms with Crippen LogP contribution in [0.2, 0.25) is 0 Å². The average Bonchev–Trinajstić information content (AvgIpc) is 3.35. The third-order valence-corrected chi connectivity index (χ3v) is 4.33. The van der Waals surface area contributed by atoms with Crippen LogP contribution in [0.25, 0.3) is 16.8 Å². The maximum atomic E-state index is 5.43. The minimum Gasteiger partial charge on any atom is -0.454 e. The second kappa shape index (κ2) is 6.03. The molecule has 0 atom stereocenters. The van der Waals surface area contributed by atoms with Crippen molar-refractivity contribution in [2.45, 2.75) is 6.54 Å². The molecule has 0 amide bonds. The van der Waals surface area contributed by atoms with Gasteiger partial charge in [-0.15, -0.1) is 5.10 Å². The molecule has 1 N–H and O–H groups in total. The summed E-state index contributed by atoms with van der Waals surface area (Å²) in [5.74, 6) is 1.52. The quantitative estimate of drug-likeness (QED) is 0.613. The zero-order valence-electron chi connectivity index (χ0n) is 13.8. The Labute approximate surface area is 149 Å². The molecule has 0 saturated carbocycles. The first-order chi connectivity index (χ1) is 12.9. The minimum atomic E-state index is 0.268. The molecule has 3 heterocycles. The van der Waals surface area contributed by atoms with Crippen LogP contribution < -0.4 is 14.8 Å². The van der Waals surface area contributed by atoms with Gasteiger partial charge in [0.1, 0.15) is 0 Å². The van der Waals surface area contributed by atoms with Crippen molar-refractivity contribution in [2.24, 2.45) is 0 Å². The summed E-state index contributed by atoms with van der Waals surface area (Å²) in [6.07, 6.45) is 1.94. The molecule has 1 aliphatic heterocycles. The number of aromatic nitrogens is 4. The van der Waals surface area contributed by atoms with Crippen molar-refractivity contribution in [3.05, 3.63) is 66.4 Å². The molecule has 7 heteroatoms. The van der Waals surface area contributed by atoms with E-state index < -0.39 is 0 Å². The second-order valence-corrected chi connectivity index (χ2v) is 5.99. The standard InChI is InChI=1S/C19H15N5O2/c1-2-4-13(5-3-1)15-8-14(19-21-22-23-24(19)11-15)10-20-16-6-7-17-18(9-16)26-12-25-17/h1-9,11,20H,10,12H2. The van der Waals surface area contributed by atoms with E-state index in [-0.39, 0.29) is 6.79 Å². The largest absolute Gasteiger partial charge is 0.454 e. The molecule has 7 nitrogen and oxygen atoms in total. The number of nitrogens with one attached hydrogen (secondary N) is 1. The van der Waals surface area contributed by atoms with Gasteiger partial charge in [0.15, 0.2) is 17.1 Å². The molecule has 0 bridgehead atoms. The van der Waals surface area contributed by atoms with Gasteiger partial charge in [-0.1, -0.05) is 30.3 Å². The number of fused-ring (bicyclic) bond motifs is 2. The van der Waals surface area contributed by atoms with Gasteiger partial charge in [0, 0.05) is 35.6 Å². The predicted molar refractivity (Wildman–Crippen MR) is 96.1 cm³/mol. The van der Waals surface area contributed by atoms with Crippen LogP contribution in [-0.2, 0) is 6.54 Å². The van der Waals surface area contributed by atoms with Gasteiger partial charge in [-0.3, -0.25) is 0 Å². The van der Waals surface area contributed by atoms with Gasteiger partial charge in [0.25, 0.3) is 0 Å². The highest BCUT2D eigenvalue weighted by atomic mass is 16.7. The van der Waals surface area contributed by atoms with E-state index in [1.165, 1.54) is 0 Å². The molecular weight excluding hydrogens is 330 g/mol. The lowest BCUT2D eigenvalue weighted by Crippen LogP contribution is -2.03. The summed E-state index contributed by atoms with van der Waals surface area (Å²) in [5.41, 5.74) is 4.87. The normalized spacial score (nSPS) is 12.5. The van der Waals surface area contributed by atoms with Crippen molar-refractivity contribution >= 4 is 11.3 Å². The zero-order valence-corrected chi connectivity index (χ0v) is 13.8. The molecule has 0 fully saturated rings. The lowest BCUT2D eigenvalue weighted by atomic mass is 10.1. The minimum absolute atomic E-state index is 0.268. The maximum Gasteiger partial charge on any atom is 0.231 e. The Morgan fingerprint density at radius 3 is 2.77 bits per heavy atom. The lowest BCUT2D eigenvalue weighted by molar-refractivity contribution is 0.174. The molecule has 0 spiro atoms. The van der Waals surface area contributed by atoms with E-state index in [0.29, 0.717) is 6.54 Å². The molecule has 5 rings (SSSR count). The van der Waals surface area contributed by atoms with E-state index in [1.54, 1.807) is 4.52 Å². The molecule has 26 heavy (non-hydrogen) atoms. The van der Waals surface area contributed by atoms with Crippen LogP contribution in [-0.4, -0.2) is 26.8 Å². The second-order valence-electron chi connectivity index (χ2n) is 5.99. The van der Waals surface area contributed by atoms with Crippen LogP contribution in [0.1, 0.15) is 5.56 Å². The number of benzene rings is 2. The van der Waals surface area contributed by atoms with Crippen molar-refractivity contribution in [3.8, 4) is 22.6 Å². The molecule has 1 aliphatic rings. The number of anilines is 1. The molecule has 4 aromatic rings. The zero-order chi connectivity index (χ0) is 17.3. The number of rotatable bonds is 4. The Morgan fingerprint density at radius 1 is 0.962 bits per heavy atom. The number of nitrogens with zero attached hydrogens (tertiary/aromatic N) is 4. The van der Waals surface area contributed by atoms with Crippen LogP contribution in [0.3, 0.4) is 0 Å². The van der Waals surface area contributed by atoms with Gasteiger partial charge in [-0.25, -0.2) is 0 Å². The third-order valence-electron chi connectivity index (χ3n) is 4.33. The van der Waals surface area contributed by atoms with Crippen molar-refractivity contribution in [1.29, 1.82) is 0 Å². The average molecular weight is 345 g/mol. The Morgan fingerprint density at radius 2 is 1.85 bits per heavy atom. The van der Waals surface area contributed by atoms with Crippen LogP contribution in [0.15, 0.2) is 60.8 Å². The van der Waals surface area contributed by atoms with Crippen LogP contribution >= 0.6 is 0 Å². The molecule has 2 aromatic heterocycles. The molecule has 0 radical (unpaired) electrons. The number of hydrogen-bond donors (Lipinski definition) is 1. The molecule has 0 aliphatic carbocycles. The summed E-state index contributed by atoms with van der Waals surface area (Å²) < 4.78 is 12.5. The first-order valence-electron chi connectivity index (χ1n) is 8.26. The van der Waals surface area contributed by atoms with Gasteiger partial charge in [0.05, 0.1) is 0 Å². The summed E-state index contributed by atoms with van der Waals surface area (Å²) in [5, 5.41) is 15.4. The fourth-order valence-electron chi connectivity index (χ4n) is 3.04. The summed E-state index contributed by atoms with van der Waals surface area (Å²) in [6, 6.07) is 18.1. The van der Waals surface area contributed by atoms with E-state index in [4.69, 9.17) is 9.47 Å². The SMILES string of the molecule is c1ccc(-c2cc(CNc3ccc4c(c3)OCO4)c3nnnn3c2)cc1. The maximum absolute atomic E-state index is 5.43. The highest BCUT2D eigenvalue weighted by Gasteiger charge is 2.14. The van der Waals surface area contributed by atoms with E-state index in [2.05, 4.69) is 39.0 Å². The van der Waals surface area contributed by atoms with Crippen LogP contribution in [0, 0.1) is 0 Å². The van der Waals surface area contributed by atoms with Gasteiger partial charge in [-0.05, 0) is 34.2 Å². The Balaban J connectivity index is 1.47.